The number of anilines is 1. The highest BCUT2D eigenvalue weighted by Gasteiger charge is 2.25. The maximum atomic E-state index is 9.69. The van der Waals surface area contributed by atoms with Crippen LogP contribution >= 0.6 is 11.9 Å². The molecule has 0 amide bonds. The van der Waals surface area contributed by atoms with E-state index in [0.29, 0.717) is 11.5 Å². The van der Waals surface area contributed by atoms with Gasteiger partial charge in [-0.15, -0.1) is 0 Å². The summed E-state index contributed by atoms with van der Waals surface area (Å²) in [5, 5.41) is 19.4. The van der Waals surface area contributed by atoms with Crippen LogP contribution in [0.4, 0.5) is 5.82 Å². The lowest BCUT2D eigenvalue weighted by molar-refractivity contribution is -0.111. The van der Waals surface area contributed by atoms with E-state index < -0.39 is 12.3 Å². The quantitative estimate of drug-likeness (QED) is 0.149. The number of ether oxygens (including phenoxy) is 3. The fourth-order valence-electron chi connectivity index (χ4n) is 3.32. The van der Waals surface area contributed by atoms with Gasteiger partial charge in [-0.2, -0.15) is 4.98 Å². The van der Waals surface area contributed by atoms with Gasteiger partial charge in [0.15, 0.2) is 31.0 Å². The number of rotatable bonds is 10. The van der Waals surface area contributed by atoms with Crippen LogP contribution in [-0.2, 0) is 5.41 Å². The molecule has 0 saturated heterocycles. The number of hydrogen-bond acceptors (Lipinski definition) is 11. The summed E-state index contributed by atoms with van der Waals surface area (Å²) in [6, 6.07) is 16.8. The third-order valence-corrected chi connectivity index (χ3v) is 6.09. The van der Waals surface area contributed by atoms with E-state index in [2.05, 4.69) is 57.6 Å². The maximum Gasteiger partial charge on any atom is 0.264 e. The van der Waals surface area contributed by atoms with E-state index >= 15 is 0 Å². The summed E-state index contributed by atoms with van der Waals surface area (Å²) in [7, 11) is 6.85. The fourth-order valence-corrected chi connectivity index (χ4v) is 3.95. The summed E-state index contributed by atoms with van der Waals surface area (Å²) in [5.41, 5.74) is -1.40. The average Bonchev–Trinajstić information content (AvgIpc) is 2.91. The van der Waals surface area contributed by atoms with Crippen LogP contribution in [0.1, 0.15) is 26.3 Å². The topological polar surface area (TPSA) is 132 Å². The first-order chi connectivity index (χ1) is 18.5. The molecule has 0 fully saturated rings. The SMILES string of the molecule is [B]C(O)(O)COc1nc(-c2ncccn2)nc(NSc2ccc(C(C)(C)C)cc2)c1Oc1ccccc1OC. The van der Waals surface area contributed by atoms with Gasteiger partial charge < -0.3 is 29.1 Å². The molecule has 0 aliphatic rings. The molecule has 2 heterocycles. The van der Waals surface area contributed by atoms with Crippen molar-refractivity contribution in [2.75, 3.05) is 18.4 Å². The van der Waals surface area contributed by atoms with E-state index in [1.165, 1.54) is 24.6 Å². The molecule has 4 aromatic rings. The second kappa shape index (κ2) is 11.9. The Morgan fingerprint density at radius 2 is 1.56 bits per heavy atom. The lowest BCUT2D eigenvalue weighted by atomic mass is 9.87. The number of hydrogen-bond donors (Lipinski definition) is 3. The number of aliphatic hydroxyl groups is 2. The molecule has 12 heteroatoms. The number of nitrogens with one attached hydrogen (secondary N) is 1. The van der Waals surface area contributed by atoms with E-state index in [1.807, 2.05) is 12.1 Å². The highest BCUT2D eigenvalue weighted by atomic mass is 32.2. The van der Waals surface area contributed by atoms with Crippen LogP contribution in [0.15, 0.2) is 71.9 Å². The van der Waals surface area contributed by atoms with Crippen molar-refractivity contribution in [3.05, 3.63) is 72.6 Å². The monoisotopic (exact) mass is 545 g/mol. The lowest BCUT2D eigenvalue weighted by Gasteiger charge is -2.21. The van der Waals surface area contributed by atoms with Gasteiger partial charge >= 0.3 is 0 Å². The van der Waals surface area contributed by atoms with E-state index in [9.17, 15) is 10.2 Å². The van der Waals surface area contributed by atoms with Gasteiger partial charge in [-0.3, -0.25) is 0 Å². The molecule has 0 aliphatic carbocycles. The van der Waals surface area contributed by atoms with Gasteiger partial charge in [0.2, 0.25) is 11.6 Å². The van der Waals surface area contributed by atoms with E-state index in [-0.39, 0.29) is 34.5 Å². The first kappa shape index (κ1) is 28.2. The predicted octanol–water partition coefficient (Wildman–Crippen LogP) is 4.34. The van der Waals surface area contributed by atoms with Gasteiger partial charge in [-0.25, -0.2) is 15.0 Å². The molecular weight excluding hydrogens is 517 g/mol. The Labute approximate surface area is 232 Å². The molecule has 0 bridgehead atoms. The van der Waals surface area contributed by atoms with Crippen LogP contribution in [-0.4, -0.2) is 57.4 Å². The smallest absolute Gasteiger partial charge is 0.264 e. The van der Waals surface area contributed by atoms with Crippen LogP contribution in [0.3, 0.4) is 0 Å². The molecular formula is C27H28BN5O5S. The molecule has 3 N–H and O–H groups in total. The van der Waals surface area contributed by atoms with Gasteiger partial charge in [-0.05, 0) is 53.3 Å². The van der Waals surface area contributed by atoms with Crippen molar-refractivity contribution < 1.29 is 24.4 Å². The zero-order chi connectivity index (χ0) is 28.0. The summed E-state index contributed by atoms with van der Waals surface area (Å²) in [6.07, 6.45) is 3.10. The molecule has 2 aromatic heterocycles. The zero-order valence-electron chi connectivity index (χ0n) is 22.0. The molecule has 10 nitrogen and oxygen atoms in total. The van der Waals surface area contributed by atoms with E-state index in [0.717, 1.165) is 4.90 Å². The van der Waals surface area contributed by atoms with Crippen LogP contribution in [0.5, 0.6) is 23.1 Å². The van der Waals surface area contributed by atoms with Gasteiger partial charge in [0, 0.05) is 17.3 Å². The maximum absolute atomic E-state index is 9.69. The molecule has 200 valence electrons. The molecule has 0 saturated carbocycles. The summed E-state index contributed by atoms with van der Waals surface area (Å²) >= 11 is 1.29. The second-order valence-electron chi connectivity index (χ2n) is 9.50. The molecule has 2 aromatic carbocycles. The van der Waals surface area contributed by atoms with Crippen molar-refractivity contribution in [3.63, 3.8) is 0 Å². The molecule has 0 atom stereocenters. The normalized spacial score (nSPS) is 11.6. The predicted molar refractivity (Wildman–Crippen MR) is 149 cm³/mol. The Balaban J connectivity index is 1.77. The highest BCUT2D eigenvalue weighted by Crippen LogP contribution is 2.42. The van der Waals surface area contributed by atoms with Gasteiger partial charge in [0.05, 0.1) is 7.11 Å². The third kappa shape index (κ3) is 7.59. The zero-order valence-corrected chi connectivity index (χ0v) is 22.8. The van der Waals surface area contributed by atoms with Crippen molar-refractivity contribution in [3.8, 4) is 34.8 Å². The van der Waals surface area contributed by atoms with Gasteiger partial charge in [0.25, 0.3) is 5.88 Å². The van der Waals surface area contributed by atoms with Crippen molar-refractivity contribution in [1.82, 2.24) is 19.9 Å². The van der Waals surface area contributed by atoms with Crippen LogP contribution in [0, 0.1) is 0 Å². The minimum atomic E-state index is -2.62. The Morgan fingerprint density at radius 1 is 0.897 bits per heavy atom. The van der Waals surface area contributed by atoms with Gasteiger partial charge in [0.1, 0.15) is 12.3 Å². The average molecular weight is 545 g/mol. The van der Waals surface area contributed by atoms with E-state index in [4.69, 9.17) is 22.1 Å². The van der Waals surface area contributed by atoms with E-state index in [1.54, 1.807) is 42.7 Å². The number of aromatic nitrogens is 4. The Morgan fingerprint density at radius 3 is 2.18 bits per heavy atom. The second-order valence-corrected chi connectivity index (χ2v) is 10.4. The fraction of sp³-hybridized carbons (Fsp3) is 0.259. The minimum Gasteiger partial charge on any atom is -0.493 e. The highest BCUT2D eigenvalue weighted by molar-refractivity contribution is 8.00. The number of methoxy groups -OCH3 is 1. The van der Waals surface area contributed by atoms with Crippen molar-refractivity contribution in [1.29, 1.82) is 0 Å². The number of benzene rings is 2. The number of nitrogens with zero attached hydrogens (tertiary/aromatic N) is 4. The summed E-state index contributed by atoms with van der Waals surface area (Å²) in [6.45, 7) is 5.75. The minimum absolute atomic E-state index is 0.0213. The van der Waals surface area contributed by atoms with Crippen LogP contribution in [0.2, 0.25) is 0 Å². The summed E-state index contributed by atoms with van der Waals surface area (Å²) < 4.78 is 20.4. The summed E-state index contributed by atoms with van der Waals surface area (Å²) in [5.74, 6) is 1.30. The molecule has 0 spiro atoms. The lowest BCUT2D eigenvalue weighted by Crippen LogP contribution is -2.36. The molecule has 39 heavy (non-hydrogen) atoms. The number of para-hydroxylation sites is 2. The Hall–Kier alpha value is -3.87. The van der Waals surface area contributed by atoms with Gasteiger partial charge in [-0.1, -0.05) is 45.0 Å². The van der Waals surface area contributed by atoms with Crippen LogP contribution < -0.4 is 18.9 Å². The van der Waals surface area contributed by atoms with Crippen molar-refractivity contribution in [2.24, 2.45) is 0 Å². The van der Waals surface area contributed by atoms with Crippen molar-refractivity contribution in [2.45, 2.75) is 36.8 Å². The third-order valence-electron chi connectivity index (χ3n) is 5.29. The van der Waals surface area contributed by atoms with Crippen molar-refractivity contribution >= 4 is 25.6 Å². The molecule has 0 aliphatic heterocycles. The standard InChI is InChI=1S/C27H28BN5O5S/c1-26(2,3)17-10-12-18(13-11-17)39-33-22-21(38-20-9-6-5-8-19(20)36-4)25(37-16-27(28,34)35)32-24(31-22)23-29-14-7-15-30-23/h5-15,34-35H,16H2,1-4H3,(H,31,32,33). The molecule has 4 rings (SSSR count). The Bertz CT molecular complexity index is 1400. The summed E-state index contributed by atoms with van der Waals surface area (Å²) in [4.78, 5) is 18.4. The first-order valence-corrected chi connectivity index (χ1v) is 12.8. The first-order valence-electron chi connectivity index (χ1n) is 11.9. The molecule has 2 radical (unpaired) electrons. The largest absolute Gasteiger partial charge is 0.493 e. The molecule has 0 unspecified atom stereocenters. The Kier molecular flexibility index (Phi) is 8.58. The van der Waals surface area contributed by atoms with Crippen LogP contribution in [0.25, 0.3) is 11.6 Å².